The molecule has 27 heavy (non-hydrogen) atoms. The van der Waals surface area contributed by atoms with Gasteiger partial charge in [-0.15, -0.1) is 0 Å². The maximum absolute atomic E-state index is 12.3. The Morgan fingerprint density at radius 1 is 0.926 bits per heavy atom. The molecule has 0 aliphatic carbocycles. The molecule has 3 aromatic rings. The fourth-order valence-corrected chi connectivity index (χ4v) is 2.74. The molecule has 0 radical (unpaired) electrons. The minimum absolute atomic E-state index is 0.0779. The van der Waals surface area contributed by atoms with Gasteiger partial charge in [-0.2, -0.15) is 0 Å². The second kappa shape index (κ2) is 8.27. The molecule has 136 valence electrons. The lowest BCUT2D eigenvalue weighted by Crippen LogP contribution is -2.06. The Kier molecular flexibility index (Phi) is 5.61. The number of carboxylic acids is 1. The number of rotatable bonds is 7. The predicted octanol–water partition coefficient (Wildman–Crippen LogP) is 4.23. The van der Waals surface area contributed by atoms with Crippen LogP contribution in [0.5, 0.6) is 11.5 Å². The van der Waals surface area contributed by atoms with Crippen LogP contribution in [0.4, 0.5) is 0 Å². The summed E-state index contributed by atoms with van der Waals surface area (Å²) < 4.78 is 5.65. The Labute approximate surface area is 157 Å². The van der Waals surface area contributed by atoms with Gasteiger partial charge >= 0.3 is 5.97 Å². The zero-order valence-corrected chi connectivity index (χ0v) is 14.9. The van der Waals surface area contributed by atoms with Crippen LogP contribution in [-0.2, 0) is 17.6 Å². The van der Waals surface area contributed by atoms with Gasteiger partial charge in [0.05, 0.1) is 0 Å². The summed E-state index contributed by atoms with van der Waals surface area (Å²) in [5.74, 6) is -0.00415. The molecule has 1 aromatic heterocycles. The van der Waals surface area contributed by atoms with Gasteiger partial charge in [-0.25, -0.2) is 9.78 Å². The molecule has 0 saturated heterocycles. The van der Waals surface area contributed by atoms with E-state index in [0.29, 0.717) is 24.3 Å². The maximum atomic E-state index is 12.3. The third kappa shape index (κ3) is 5.25. The summed E-state index contributed by atoms with van der Waals surface area (Å²) in [6, 6.07) is 18.1. The topological polar surface area (TPSA) is 76.5 Å². The van der Waals surface area contributed by atoms with Gasteiger partial charge in [-0.1, -0.05) is 42.0 Å². The first-order valence-electron chi connectivity index (χ1n) is 8.53. The number of Topliss-reactive ketones (excluding diaryl/α,β-unsaturated/α-hetero) is 1. The molecule has 0 atom stereocenters. The highest BCUT2D eigenvalue weighted by atomic mass is 16.5. The zero-order chi connectivity index (χ0) is 19.2. The van der Waals surface area contributed by atoms with Crippen molar-refractivity contribution in [2.45, 2.75) is 19.8 Å². The molecule has 2 aromatic carbocycles. The molecule has 0 aliphatic rings. The standard InChI is InChI=1S/C22H19NO4/c1-15-3-2-4-17(11-15)13-18(24)12-16-5-7-19(8-6-16)27-20-9-10-23-21(14-20)22(25)26/h2-11,14H,12-13H2,1H3,(H,25,26). The molecule has 5 heteroatoms. The van der Waals surface area contributed by atoms with E-state index >= 15 is 0 Å². The van der Waals surface area contributed by atoms with E-state index in [1.54, 1.807) is 18.2 Å². The van der Waals surface area contributed by atoms with Gasteiger partial charge < -0.3 is 9.84 Å². The fourth-order valence-electron chi connectivity index (χ4n) is 2.74. The number of aryl methyl sites for hydroxylation is 1. The molecule has 0 spiro atoms. The number of ketones is 1. The van der Waals surface area contributed by atoms with Gasteiger partial charge in [0.2, 0.25) is 0 Å². The number of hydrogen-bond acceptors (Lipinski definition) is 4. The number of carboxylic acid groups (broad SMARTS) is 1. The Bertz CT molecular complexity index is 964. The predicted molar refractivity (Wildman–Crippen MR) is 101 cm³/mol. The number of carbonyl (C=O) groups is 2. The Morgan fingerprint density at radius 3 is 2.37 bits per heavy atom. The maximum Gasteiger partial charge on any atom is 0.354 e. The van der Waals surface area contributed by atoms with Crippen molar-refractivity contribution in [2.75, 3.05) is 0 Å². The highest BCUT2D eigenvalue weighted by molar-refractivity contribution is 5.85. The molecule has 1 N–H and O–H groups in total. The number of ether oxygens (including phenoxy) is 1. The third-order valence-corrected chi connectivity index (χ3v) is 3.99. The van der Waals surface area contributed by atoms with Crippen LogP contribution in [-0.4, -0.2) is 21.8 Å². The lowest BCUT2D eigenvalue weighted by molar-refractivity contribution is -0.117. The number of aromatic nitrogens is 1. The van der Waals surface area contributed by atoms with E-state index in [1.807, 2.05) is 43.3 Å². The minimum atomic E-state index is -1.11. The quantitative estimate of drug-likeness (QED) is 0.681. The van der Waals surface area contributed by atoms with Gasteiger partial charge in [-0.05, 0) is 36.2 Å². The van der Waals surface area contributed by atoms with Crippen LogP contribution in [0.3, 0.4) is 0 Å². The van der Waals surface area contributed by atoms with Crippen molar-refractivity contribution >= 4 is 11.8 Å². The Hall–Kier alpha value is -3.47. The highest BCUT2D eigenvalue weighted by Crippen LogP contribution is 2.22. The molecule has 0 bridgehead atoms. The SMILES string of the molecule is Cc1cccc(CC(=O)Cc2ccc(Oc3ccnc(C(=O)O)c3)cc2)c1. The number of pyridine rings is 1. The molecule has 0 aliphatic heterocycles. The van der Waals surface area contributed by atoms with Crippen molar-refractivity contribution in [3.8, 4) is 11.5 Å². The average Bonchev–Trinajstić information content (AvgIpc) is 2.63. The van der Waals surface area contributed by atoms with Gasteiger partial charge in [0, 0.05) is 25.1 Å². The smallest absolute Gasteiger partial charge is 0.354 e. The number of hydrogen-bond donors (Lipinski definition) is 1. The van der Waals surface area contributed by atoms with Gasteiger partial charge in [0.1, 0.15) is 17.3 Å². The van der Waals surface area contributed by atoms with Crippen molar-refractivity contribution < 1.29 is 19.4 Å². The summed E-state index contributed by atoms with van der Waals surface area (Å²) in [5.41, 5.74) is 2.99. The van der Waals surface area contributed by atoms with E-state index in [0.717, 1.165) is 16.7 Å². The highest BCUT2D eigenvalue weighted by Gasteiger charge is 2.08. The third-order valence-electron chi connectivity index (χ3n) is 3.99. The van der Waals surface area contributed by atoms with Crippen LogP contribution in [0, 0.1) is 6.92 Å². The van der Waals surface area contributed by atoms with Crippen LogP contribution >= 0.6 is 0 Å². The van der Waals surface area contributed by atoms with Crippen LogP contribution in [0.15, 0.2) is 66.9 Å². The molecule has 0 amide bonds. The van der Waals surface area contributed by atoms with Gasteiger partial charge in [0.25, 0.3) is 0 Å². The lowest BCUT2D eigenvalue weighted by atomic mass is 10.0. The Balaban J connectivity index is 1.61. The number of aromatic carboxylic acids is 1. The van der Waals surface area contributed by atoms with E-state index in [2.05, 4.69) is 4.98 Å². The van der Waals surface area contributed by atoms with E-state index in [1.165, 1.54) is 12.3 Å². The van der Waals surface area contributed by atoms with E-state index in [4.69, 9.17) is 9.84 Å². The second-order valence-electron chi connectivity index (χ2n) is 6.31. The van der Waals surface area contributed by atoms with Crippen molar-refractivity contribution in [1.29, 1.82) is 0 Å². The van der Waals surface area contributed by atoms with Crippen LogP contribution in [0.25, 0.3) is 0 Å². The van der Waals surface area contributed by atoms with E-state index < -0.39 is 5.97 Å². The summed E-state index contributed by atoms with van der Waals surface area (Å²) >= 11 is 0. The van der Waals surface area contributed by atoms with Crippen LogP contribution in [0.1, 0.15) is 27.2 Å². The van der Waals surface area contributed by atoms with Gasteiger partial charge in [-0.3, -0.25) is 4.79 Å². The molecule has 5 nitrogen and oxygen atoms in total. The zero-order valence-electron chi connectivity index (χ0n) is 14.9. The molecule has 1 heterocycles. The molecule has 0 saturated carbocycles. The Morgan fingerprint density at radius 2 is 1.67 bits per heavy atom. The number of benzene rings is 2. The molecular weight excluding hydrogens is 342 g/mol. The lowest BCUT2D eigenvalue weighted by Gasteiger charge is -2.07. The van der Waals surface area contributed by atoms with E-state index in [-0.39, 0.29) is 11.5 Å². The van der Waals surface area contributed by atoms with Crippen LogP contribution < -0.4 is 4.74 Å². The summed E-state index contributed by atoms with van der Waals surface area (Å²) in [7, 11) is 0. The number of carbonyl (C=O) groups excluding carboxylic acids is 1. The first-order valence-corrected chi connectivity index (χ1v) is 8.53. The van der Waals surface area contributed by atoms with Crippen molar-refractivity contribution in [1.82, 2.24) is 4.98 Å². The minimum Gasteiger partial charge on any atom is -0.477 e. The summed E-state index contributed by atoms with van der Waals surface area (Å²) in [4.78, 5) is 27.0. The molecule has 0 fully saturated rings. The molecule has 3 rings (SSSR count). The number of nitrogens with zero attached hydrogens (tertiary/aromatic N) is 1. The summed E-state index contributed by atoms with van der Waals surface area (Å²) in [6.45, 7) is 2.01. The summed E-state index contributed by atoms with van der Waals surface area (Å²) in [5, 5.41) is 8.97. The first kappa shape index (κ1) is 18.3. The second-order valence-corrected chi connectivity index (χ2v) is 6.31. The summed E-state index contributed by atoms with van der Waals surface area (Å²) in [6.07, 6.45) is 2.15. The van der Waals surface area contributed by atoms with Crippen LogP contribution in [0.2, 0.25) is 0 Å². The van der Waals surface area contributed by atoms with E-state index in [9.17, 15) is 9.59 Å². The normalized spacial score (nSPS) is 10.4. The first-order chi connectivity index (χ1) is 13.0. The monoisotopic (exact) mass is 361 g/mol. The fraction of sp³-hybridized carbons (Fsp3) is 0.136. The van der Waals surface area contributed by atoms with Gasteiger partial charge in [0.15, 0.2) is 5.69 Å². The largest absolute Gasteiger partial charge is 0.477 e. The average molecular weight is 361 g/mol. The van der Waals surface area contributed by atoms with Crippen molar-refractivity contribution in [3.63, 3.8) is 0 Å². The van der Waals surface area contributed by atoms with Crippen molar-refractivity contribution in [3.05, 3.63) is 89.2 Å². The molecular formula is C22H19NO4. The molecule has 0 unspecified atom stereocenters. The van der Waals surface area contributed by atoms with Crippen molar-refractivity contribution in [2.24, 2.45) is 0 Å².